The molecule has 1 aliphatic rings. The largest absolute Gasteiger partial charge is 0.460 e. The summed E-state index contributed by atoms with van der Waals surface area (Å²) in [7, 11) is -3.05. The Hall–Kier alpha value is -2.25. The van der Waals surface area contributed by atoms with E-state index in [1.165, 1.54) is 19.2 Å². The molecule has 0 aromatic carbocycles. The molecule has 2 aromatic heterocycles. The summed E-state index contributed by atoms with van der Waals surface area (Å²) in [6.07, 6.45) is -7.50. The van der Waals surface area contributed by atoms with Crippen molar-refractivity contribution < 1.29 is 43.5 Å². The van der Waals surface area contributed by atoms with Crippen LogP contribution in [0.4, 0.5) is 35.1 Å². The van der Waals surface area contributed by atoms with E-state index in [4.69, 9.17) is 0 Å². The van der Waals surface area contributed by atoms with Crippen molar-refractivity contribution >= 4 is 9.84 Å². The molecule has 0 saturated heterocycles. The summed E-state index contributed by atoms with van der Waals surface area (Å²) in [5.74, 6) is -13.6. The van der Waals surface area contributed by atoms with Gasteiger partial charge in [-0.1, -0.05) is 6.92 Å². The molecular formula is C18H17F8N3O2S. The molecule has 5 nitrogen and oxygen atoms in total. The Morgan fingerprint density at radius 2 is 1.69 bits per heavy atom. The Morgan fingerprint density at radius 3 is 2.19 bits per heavy atom. The average Bonchev–Trinajstić information content (AvgIpc) is 3.48. The van der Waals surface area contributed by atoms with Crippen LogP contribution in [0.25, 0.3) is 11.5 Å². The maximum absolute atomic E-state index is 14.4. The van der Waals surface area contributed by atoms with Crippen molar-refractivity contribution in [3.8, 4) is 11.5 Å². The standard InChI is InChI=1S/C18H17F8N3O2S/c1-3-32(30,31)12-6-10(9-4-5-9)7-27-13(12)15-28-8-11(29(15)2)14(19)16(20,21)17(22,23)18(24,25)26/h6-9,14H,3-5H2,1-2H3/t14-/m1/s1. The number of rotatable bonds is 7. The van der Waals surface area contributed by atoms with E-state index in [9.17, 15) is 43.5 Å². The number of hydrogen-bond donors (Lipinski definition) is 0. The quantitative estimate of drug-likeness (QED) is 0.512. The van der Waals surface area contributed by atoms with Crippen LogP contribution < -0.4 is 0 Å². The van der Waals surface area contributed by atoms with Gasteiger partial charge in [0.1, 0.15) is 5.69 Å². The molecule has 0 amide bonds. The number of sulfone groups is 1. The van der Waals surface area contributed by atoms with Gasteiger partial charge < -0.3 is 4.57 Å². The van der Waals surface area contributed by atoms with E-state index in [1.54, 1.807) is 0 Å². The number of nitrogens with zero attached hydrogens (tertiary/aromatic N) is 3. The summed E-state index contributed by atoms with van der Waals surface area (Å²) >= 11 is 0. The third kappa shape index (κ3) is 3.86. The predicted molar refractivity (Wildman–Crippen MR) is 95.9 cm³/mol. The van der Waals surface area contributed by atoms with E-state index >= 15 is 0 Å². The lowest BCUT2D eigenvalue weighted by Gasteiger charge is -2.30. The second-order valence-corrected chi connectivity index (χ2v) is 9.66. The molecule has 1 aliphatic carbocycles. The van der Waals surface area contributed by atoms with Crippen molar-refractivity contribution in [3.05, 3.63) is 29.7 Å². The molecule has 2 heterocycles. The van der Waals surface area contributed by atoms with Crippen LogP contribution in [0, 0.1) is 0 Å². The molecule has 0 spiro atoms. The van der Waals surface area contributed by atoms with Crippen molar-refractivity contribution in [1.82, 2.24) is 14.5 Å². The van der Waals surface area contributed by atoms with E-state index in [0.717, 1.165) is 19.9 Å². The molecule has 0 radical (unpaired) electrons. The van der Waals surface area contributed by atoms with Gasteiger partial charge in [-0.25, -0.2) is 17.8 Å². The Kier molecular flexibility index (Phi) is 5.84. The summed E-state index contributed by atoms with van der Waals surface area (Å²) in [5, 5.41) is 0. The predicted octanol–water partition coefficient (Wildman–Crippen LogP) is 5.00. The number of pyridine rings is 1. The summed E-state index contributed by atoms with van der Waals surface area (Å²) in [6, 6.07) is 1.33. The molecule has 1 fully saturated rings. The molecule has 178 valence electrons. The van der Waals surface area contributed by atoms with Crippen molar-refractivity contribution in [2.24, 2.45) is 7.05 Å². The van der Waals surface area contributed by atoms with Crippen LogP contribution in [0.2, 0.25) is 0 Å². The molecule has 1 atom stereocenters. The van der Waals surface area contributed by atoms with Gasteiger partial charge in [0.2, 0.25) is 6.17 Å². The molecule has 3 rings (SSSR count). The maximum atomic E-state index is 14.4. The molecule has 0 N–H and O–H groups in total. The topological polar surface area (TPSA) is 64.8 Å². The molecule has 0 bridgehead atoms. The Morgan fingerprint density at radius 1 is 1.09 bits per heavy atom. The number of alkyl halides is 8. The van der Waals surface area contributed by atoms with Gasteiger partial charge in [0.05, 0.1) is 22.5 Å². The highest BCUT2D eigenvalue weighted by molar-refractivity contribution is 7.91. The zero-order valence-electron chi connectivity index (χ0n) is 16.6. The van der Waals surface area contributed by atoms with Crippen molar-refractivity contribution in [1.29, 1.82) is 0 Å². The van der Waals surface area contributed by atoms with Gasteiger partial charge in [-0.05, 0) is 30.4 Å². The number of imidazole rings is 1. The normalized spacial score (nSPS) is 16.9. The molecule has 0 aliphatic heterocycles. The van der Waals surface area contributed by atoms with Gasteiger partial charge in [0, 0.05) is 13.2 Å². The minimum Gasteiger partial charge on any atom is -0.327 e. The Bertz CT molecular complexity index is 1120. The lowest BCUT2D eigenvalue weighted by molar-refractivity contribution is -0.367. The van der Waals surface area contributed by atoms with E-state index < -0.39 is 45.5 Å². The van der Waals surface area contributed by atoms with Crippen molar-refractivity contribution in [2.75, 3.05) is 5.75 Å². The first-order valence-corrected chi connectivity index (χ1v) is 10.9. The first-order valence-electron chi connectivity index (χ1n) is 9.27. The molecule has 14 heteroatoms. The average molecular weight is 491 g/mol. The van der Waals surface area contributed by atoms with E-state index in [-0.39, 0.29) is 22.3 Å². The van der Waals surface area contributed by atoms with Gasteiger partial charge in [0.25, 0.3) is 0 Å². The third-order valence-corrected chi connectivity index (χ3v) is 6.97. The smallest absolute Gasteiger partial charge is 0.327 e. The van der Waals surface area contributed by atoms with Gasteiger partial charge >= 0.3 is 18.0 Å². The van der Waals surface area contributed by atoms with E-state index in [0.29, 0.717) is 16.3 Å². The summed E-state index contributed by atoms with van der Waals surface area (Å²) in [6.45, 7) is 1.34. The van der Waals surface area contributed by atoms with Crippen LogP contribution in [0.1, 0.15) is 43.1 Å². The summed E-state index contributed by atoms with van der Waals surface area (Å²) < 4.78 is 131. The molecule has 1 saturated carbocycles. The SMILES string of the molecule is CCS(=O)(=O)c1cc(C2CC2)cnc1-c1ncc([C@@H](F)C(F)(F)C(F)(F)C(F)(F)F)n1C. The highest BCUT2D eigenvalue weighted by Crippen LogP contribution is 2.53. The fourth-order valence-corrected chi connectivity index (χ4v) is 4.14. The van der Waals surface area contributed by atoms with E-state index in [1.807, 2.05) is 0 Å². The summed E-state index contributed by atoms with van der Waals surface area (Å²) in [4.78, 5) is 7.28. The van der Waals surface area contributed by atoms with E-state index in [2.05, 4.69) is 9.97 Å². The van der Waals surface area contributed by atoms with Crippen LogP contribution >= 0.6 is 0 Å². The second kappa shape index (κ2) is 7.66. The Balaban J connectivity index is 2.10. The first kappa shape index (κ1) is 24.4. The fourth-order valence-electron chi connectivity index (χ4n) is 3.07. The molecule has 2 aromatic rings. The van der Waals surface area contributed by atoms with Crippen LogP contribution in [-0.4, -0.2) is 46.7 Å². The fraction of sp³-hybridized carbons (Fsp3) is 0.556. The molecule has 0 unspecified atom stereocenters. The Labute approximate surface area is 177 Å². The van der Waals surface area contributed by atoms with Gasteiger partial charge in [-0.15, -0.1) is 0 Å². The van der Waals surface area contributed by atoms with Crippen molar-refractivity contribution in [3.63, 3.8) is 0 Å². The number of hydrogen-bond acceptors (Lipinski definition) is 4. The second-order valence-electron chi connectivity index (χ2n) is 7.42. The third-order valence-electron chi connectivity index (χ3n) is 5.23. The number of aromatic nitrogens is 3. The van der Waals surface area contributed by atoms with Crippen LogP contribution in [0.15, 0.2) is 23.4 Å². The minimum absolute atomic E-state index is 0.0952. The monoisotopic (exact) mass is 491 g/mol. The van der Waals surface area contributed by atoms with Gasteiger partial charge in [-0.2, -0.15) is 30.7 Å². The lowest BCUT2D eigenvalue weighted by Crippen LogP contribution is -2.54. The van der Waals surface area contributed by atoms with Gasteiger partial charge in [0.15, 0.2) is 15.7 Å². The summed E-state index contributed by atoms with van der Waals surface area (Å²) in [5.41, 5.74) is -1.06. The highest BCUT2D eigenvalue weighted by atomic mass is 32.2. The van der Waals surface area contributed by atoms with Crippen LogP contribution in [-0.2, 0) is 16.9 Å². The highest BCUT2D eigenvalue weighted by Gasteiger charge is 2.76. The minimum atomic E-state index is -6.70. The van der Waals surface area contributed by atoms with Gasteiger partial charge in [-0.3, -0.25) is 4.98 Å². The van der Waals surface area contributed by atoms with Crippen LogP contribution in [0.3, 0.4) is 0 Å². The lowest BCUT2D eigenvalue weighted by atomic mass is 10.0. The zero-order valence-corrected chi connectivity index (χ0v) is 17.4. The molecular weight excluding hydrogens is 474 g/mol. The molecule has 32 heavy (non-hydrogen) atoms. The zero-order chi connectivity index (χ0) is 24.3. The maximum Gasteiger partial charge on any atom is 0.460 e. The number of halogens is 8. The van der Waals surface area contributed by atoms with Crippen LogP contribution in [0.5, 0.6) is 0 Å². The first-order chi connectivity index (χ1) is 14.6. The van der Waals surface area contributed by atoms with Crippen molar-refractivity contribution in [2.45, 2.75) is 54.8 Å².